The van der Waals surface area contributed by atoms with Crippen molar-refractivity contribution in [1.82, 2.24) is 9.97 Å². The van der Waals surface area contributed by atoms with Gasteiger partial charge in [0.1, 0.15) is 11.9 Å². The van der Waals surface area contributed by atoms with Crippen LogP contribution in [-0.2, 0) is 15.9 Å². The summed E-state index contributed by atoms with van der Waals surface area (Å²) in [5, 5.41) is 3.40. The molecule has 0 radical (unpaired) electrons. The van der Waals surface area contributed by atoms with Crippen molar-refractivity contribution in [3.63, 3.8) is 0 Å². The smallest absolute Gasteiger partial charge is 0.162 e. The van der Waals surface area contributed by atoms with E-state index in [2.05, 4.69) is 53.7 Å². The Kier molecular flexibility index (Phi) is 6.63. The monoisotopic (exact) mass is 405 g/mol. The molecule has 0 amide bonds. The summed E-state index contributed by atoms with van der Waals surface area (Å²) in [6.45, 7) is 9.27. The molecule has 0 spiro atoms. The van der Waals surface area contributed by atoms with Gasteiger partial charge >= 0.3 is 0 Å². The third-order valence-corrected chi connectivity index (χ3v) is 4.32. The Morgan fingerprint density at radius 1 is 1.33 bits per heavy atom. The third-order valence-electron chi connectivity index (χ3n) is 3.19. The van der Waals surface area contributed by atoms with E-state index in [0.29, 0.717) is 25.7 Å². The van der Waals surface area contributed by atoms with Gasteiger partial charge in [-0.25, -0.2) is 9.97 Å². The number of aromatic nitrogens is 2. The first-order valence-corrected chi connectivity index (χ1v) is 8.69. The highest BCUT2D eigenvalue weighted by atomic mass is 127. The van der Waals surface area contributed by atoms with E-state index in [1.165, 1.54) is 0 Å². The maximum absolute atomic E-state index is 5.74. The summed E-state index contributed by atoms with van der Waals surface area (Å²) in [6.07, 6.45) is 1.86. The standard InChI is InChI=1S/C15H24IN3O2/c1-4-5-17-15-13(16)11(8-10(2)3)18-14(19-15)12-9-20-6-7-21-12/h10,12H,4-9H2,1-3H3,(H,17,18,19). The van der Waals surface area contributed by atoms with Crippen LogP contribution in [0.25, 0.3) is 0 Å². The fourth-order valence-corrected chi connectivity index (χ4v) is 2.83. The van der Waals surface area contributed by atoms with Crippen LogP contribution >= 0.6 is 22.6 Å². The molecular weight excluding hydrogens is 381 g/mol. The van der Waals surface area contributed by atoms with Crippen LogP contribution in [0.15, 0.2) is 0 Å². The van der Waals surface area contributed by atoms with Crippen LogP contribution in [0.5, 0.6) is 0 Å². The van der Waals surface area contributed by atoms with Gasteiger partial charge in [0.2, 0.25) is 0 Å². The Balaban J connectivity index is 2.29. The van der Waals surface area contributed by atoms with E-state index in [1.54, 1.807) is 0 Å². The van der Waals surface area contributed by atoms with Crippen molar-refractivity contribution in [3.05, 3.63) is 15.1 Å². The number of hydrogen-bond acceptors (Lipinski definition) is 5. The molecule has 1 saturated heterocycles. The van der Waals surface area contributed by atoms with E-state index in [4.69, 9.17) is 14.5 Å². The van der Waals surface area contributed by atoms with Gasteiger partial charge in [-0.3, -0.25) is 0 Å². The Morgan fingerprint density at radius 3 is 2.76 bits per heavy atom. The topological polar surface area (TPSA) is 56.3 Å². The molecule has 21 heavy (non-hydrogen) atoms. The molecule has 1 aromatic rings. The van der Waals surface area contributed by atoms with E-state index in [9.17, 15) is 0 Å². The van der Waals surface area contributed by atoms with Crippen molar-refractivity contribution in [1.29, 1.82) is 0 Å². The van der Waals surface area contributed by atoms with Crippen molar-refractivity contribution < 1.29 is 9.47 Å². The van der Waals surface area contributed by atoms with Crippen LogP contribution in [-0.4, -0.2) is 36.3 Å². The molecule has 1 fully saturated rings. The molecule has 0 saturated carbocycles. The number of nitrogens with one attached hydrogen (secondary N) is 1. The summed E-state index contributed by atoms with van der Waals surface area (Å²) < 4.78 is 12.3. The lowest BCUT2D eigenvalue weighted by atomic mass is 10.1. The Labute approximate surface area is 140 Å². The molecule has 0 bridgehead atoms. The molecule has 1 aliphatic heterocycles. The van der Waals surface area contributed by atoms with Crippen molar-refractivity contribution in [2.45, 2.75) is 39.7 Å². The molecule has 1 unspecified atom stereocenters. The van der Waals surface area contributed by atoms with Gasteiger partial charge in [-0.2, -0.15) is 0 Å². The summed E-state index contributed by atoms with van der Waals surface area (Å²) in [7, 11) is 0. The Hall–Kier alpha value is -0.470. The van der Waals surface area contributed by atoms with Gasteiger partial charge in [-0.15, -0.1) is 0 Å². The lowest BCUT2D eigenvalue weighted by Crippen LogP contribution is -2.25. The van der Waals surface area contributed by atoms with Gasteiger partial charge in [0.25, 0.3) is 0 Å². The second kappa shape index (κ2) is 8.24. The van der Waals surface area contributed by atoms with E-state index >= 15 is 0 Å². The second-order valence-electron chi connectivity index (χ2n) is 5.65. The highest BCUT2D eigenvalue weighted by Crippen LogP contribution is 2.26. The van der Waals surface area contributed by atoms with Crippen LogP contribution < -0.4 is 5.32 Å². The highest BCUT2D eigenvalue weighted by Gasteiger charge is 2.23. The number of ether oxygens (including phenoxy) is 2. The minimum atomic E-state index is -0.149. The molecular formula is C15H24IN3O2. The van der Waals surface area contributed by atoms with E-state index < -0.39 is 0 Å². The van der Waals surface area contributed by atoms with Crippen molar-refractivity contribution >= 4 is 28.4 Å². The fourth-order valence-electron chi connectivity index (χ4n) is 2.18. The summed E-state index contributed by atoms with van der Waals surface area (Å²) in [5.74, 6) is 2.22. The summed E-state index contributed by atoms with van der Waals surface area (Å²) >= 11 is 2.34. The lowest BCUT2D eigenvalue weighted by molar-refractivity contribution is -0.0935. The first-order chi connectivity index (χ1) is 10.1. The molecule has 1 aromatic heterocycles. The van der Waals surface area contributed by atoms with E-state index in [-0.39, 0.29) is 6.10 Å². The fraction of sp³-hybridized carbons (Fsp3) is 0.733. The maximum atomic E-state index is 5.74. The van der Waals surface area contributed by atoms with Gasteiger partial charge < -0.3 is 14.8 Å². The quantitative estimate of drug-likeness (QED) is 0.737. The largest absolute Gasteiger partial charge is 0.376 e. The van der Waals surface area contributed by atoms with E-state index in [0.717, 1.165) is 40.3 Å². The van der Waals surface area contributed by atoms with Gasteiger partial charge in [-0.1, -0.05) is 20.8 Å². The number of halogens is 1. The Morgan fingerprint density at radius 2 is 2.14 bits per heavy atom. The molecule has 118 valence electrons. The normalized spacial score (nSPS) is 19.0. The van der Waals surface area contributed by atoms with Crippen LogP contribution in [0.2, 0.25) is 0 Å². The zero-order chi connectivity index (χ0) is 15.2. The molecule has 2 heterocycles. The Bertz CT molecular complexity index is 462. The summed E-state index contributed by atoms with van der Waals surface area (Å²) in [4.78, 5) is 9.41. The number of hydrogen-bond donors (Lipinski definition) is 1. The minimum absolute atomic E-state index is 0.149. The van der Waals surface area contributed by atoms with Gasteiger partial charge in [-0.05, 0) is 41.4 Å². The molecule has 5 nitrogen and oxygen atoms in total. The molecule has 6 heteroatoms. The number of rotatable bonds is 6. The molecule has 0 aromatic carbocycles. The van der Waals surface area contributed by atoms with E-state index in [1.807, 2.05) is 0 Å². The average molecular weight is 405 g/mol. The first kappa shape index (κ1) is 16.9. The average Bonchev–Trinajstić information content (AvgIpc) is 2.48. The van der Waals surface area contributed by atoms with Gasteiger partial charge in [0.15, 0.2) is 5.82 Å². The third kappa shape index (κ3) is 4.75. The molecule has 1 aliphatic rings. The second-order valence-corrected chi connectivity index (χ2v) is 6.73. The lowest BCUT2D eigenvalue weighted by Gasteiger charge is -2.23. The van der Waals surface area contributed by atoms with Crippen molar-refractivity contribution in [2.24, 2.45) is 5.92 Å². The van der Waals surface area contributed by atoms with Crippen molar-refractivity contribution in [2.75, 3.05) is 31.7 Å². The zero-order valence-corrected chi connectivity index (χ0v) is 15.1. The zero-order valence-electron chi connectivity index (χ0n) is 13.0. The molecule has 1 N–H and O–H groups in total. The summed E-state index contributed by atoms with van der Waals surface area (Å²) in [6, 6.07) is 0. The highest BCUT2D eigenvalue weighted by molar-refractivity contribution is 14.1. The van der Waals surface area contributed by atoms with Crippen LogP contribution in [0.4, 0.5) is 5.82 Å². The maximum Gasteiger partial charge on any atom is 0.162 e. The number of anilines is 1. The number of nitrogens with zero attached hydrogens (tertiary/aromatic N) is 2. The SMILES string of the molecule is CCCNc1nc(C2COCCO2)nc(CC(C)C)c1I. The molecule has 1 atom stereocenters. The van der Waals surface area contributed by atoms with Crippen molar-refractivity contribution in [3.8, 4) is 0 Å². The first-order valence-electron chi connectivity index (χ1n) is 7.61. The van der Waals surface area contributed by atoms with Crippen LogP contribution in [0.3, 0.4) is 0 Å². The predicted octanol–water partition coefficient (Wildman–Crippen LogP) is 3.19. The van der Waals surface area contributed by atoms with Gasteiger partial charge in [0, 0.05) is 6.54 Å². The minimum Gasteiger partial charge on any atom is -0.376 e. The molecule has 0 aliphatic carbocycles. The summed E-state index contributed by atoms with van der Waals surface area (Å²) in [5.41, 5.74) is 1.10. The van der Waals surface area contributed by atoms with Crippen LogP contribution in [0.1, 0.15) is 44.8 Å². The van der Waals surface area contributed by atoms with Crippen LogP contribution in [0, 0.1) is 9.49 Å². The predicted molar refractivity (Wildman–Crippen MR) is 91.6 cm³/mol. The molecule has 2 rings (SSSR count). The van der Waals surface area contributed by atoms with Gasteiger partial charge in [0.05, 0.1) is 29.1 Å².